The van der Waals surface area contributed by atoms with E-state index in [1.165, 1.54) is 4.90 Å². The highest BCUT2D eigenvalue weighted by molar-refractivity contribution is 6.34. The van der Waals surface area contributed by atoms with Gasteiger partial charge in [-0.05, 0) is 36.8 Å². The van der Waals surface area contributed by atoms with Crippen LogP contribution in [0.2, 0.25) is 5.02 Å². The average Bonchev–Trinajstić information content (AvgIpc) is 3.14. The van der Waals surface area contributed by atoms with Crippen molar-refractivity contribution >= 4 is 29.1 Å². The minimum absolute atomic E-state index is 0.109. The molecule has 1 N–H and O–H groups in total. The van der Waals surface area contributed by atoms with Crippen molar-refractivity contribution in [1.82, 2.24) is 4.90 Å². The van der Waals surface area contributed by atoms with Gasteiger partial charge in [-0.1, -0.05) is 11.6 Å². The Morgan fingerprint density at radius 2 is 2.09 bits per heavy atom. The molecule has 5 nitrogen and oxygen atoms in total. The van der Waals surface area contributed by atoms with E-state index >= 15 is 0 Å². The molecule has 0 bridgehead atoms. The largest absolute Gasteiger partial charge is 0.469 e. The van der Waals surface area contributed by atoms with Crippen molar-refractivity contribution in [2.75, 3.05) is 19.4 Å². The summed E-state index contributed by atoms with van der Waals surface area (Å²) < 4.78 is 5.33. The van der Waals surface area contributed by atoms with Crippen LogP contribution in [0.5, 0.6) is 0 Å². The van der Waals surface area contributed by atoms with E-state index in [4.69, 9.17) is 16.0 Å². The maximum absolute atomic E-state index is 12.3. The van der Waals surface area contributed by atoms with Crippen LogP contribution in [-0.4, -0.2) is 30.8 Å². The molecule has 1 saturated carbocycles. The van der Waals surface area contributed by atoms with Crippen molar-refractivity contribution in [2.24, 2.45) is 5.92 Å². The summed E-state index contributed by atoms with van der Waals surface area (Å²) in [6.07, 6.45) is 2.36. The molecule has 1 heterocycles. The monoisotopic (exact) mass is 332 g/mol. The van der Waals surface area contributed by atoms with E-state index < -0.39 is 0 Å². The van der Waals surface area contributed by atoms with E-state index in [2.05, 4.69) is 5.32 Å². The summed E-state index contributed by atoms with van der Waals surface area (Å²) in [7, 11) is 3.35. The number of amides is 2. The lowest BCUT2D eigenvalue weighted by molar-refractivity contribution is -0.117. The summed E-state index contributed by atoms with van der Waals surface area (Å²) in [6.45, 7) is 0. The third kappa shape index (κ3) is 3.24. The first kappa shape index (κ1) is 15.6. The number of nitrogens with one attached hydrogen (secondary N) is 1. The quantitative estimate of drug-likeness (QED) is 0.933. The summed E-state index contributed by atoms with van der Waals surface area (Å²) in [6, 6.07) is 8.55. The summed E-state index contributed by atoms with van der Waals surface area (Å²) in [5, 5.41) is 3.22. The van der Waals surface area contributed by atoms with E-state index in [-0.39, 0.29) is 23.7 Å². The van der Waals surface area contributed by atoms with Crippen LogP contribution in [0, 0.1) is 5.92 Å². The fraction of sp³-hybridized carbons (Fsp3) is 0.294. The minimum Gasteiger partial charge on any atom is -0.469 e. The van der Waals surface area contributed by atoms with E-state index in [1.54, 1.807) is 38.6 Å². The van der Waals surface area contributed by atoms with Crippen LogP contribution in [0.4, 0.5) is 5.69 Å². The Balaban J connectivity index is 1.71. The number of carbonyl (C=O) groups excluding carboxylic acids is 2. The topological polar surface area (TPSA) is 62.6 Å². The molecule has 0 aliphatic heterocycles. The first-order chi connectivity index (χ1) is 11.0. The number of carbonyl (C=O) groups is 2. The van der Waals surface area contributed by atoms with Gasteiger partial charge in [-0.2, -0.15) is 0 Å². The zero-order valence-electron chi connectivity index (χ0n) is 12.9. The lowest BCUT2D eigenvalue weighted by Crippen LogP contribution is -2.22. The number of halogens is 1. The van der Waals surface area contributed by atoms with Gasteiger partial charge in [0, 0.05) is 31.5 Å². The predicted octanol–water partition coefficient (Wildman–Crippen LogP) is 3.38. The van der Waals surface area contributed by atoms with Crippen LogP contribution < -0.4 is 5.32 Å². The van der Waals surface area contributed by atoms with Gasteiger partial charge in [-0.15, -0.1) is 0 Å². The van der Waals surface area contributed by atoms with Crippen LogP contribution in [0.15, 0.2) is 41.0 Å². The molecular weight excluding hydrogens is 316 g/mol. The van der Waals surface area contributed by atoms with Crippen LogP contribution in [0.1, 0.15) is 28.5 Å². The van der Waals surface area contributed by atoms with Gasteiger partial charge in [0.05, 0.1) is 17.0 Å². The van der Waals surface area contributed by atoms with Crippen LogP contribution in [0.25, 0.3) is 0 Å². The van der Waals surface area contributed by atoms with E-state index in [9.17, 15) is 9.59 Å². The Kier molecular flexibility index (Phi) is 4.13. The normalized spacial score (nSPS) is 19.3. The van der Waals surface area contributed by atoms with Crippen molar-refractivity contribution in [3.8, 4) is 0 Å². The van der Waals surface area contributed by atoms with Gasteiger partial charge < -0.3 is 14.6 Å². The molecule has 2 aromatic rings. The second kappa shape index (κ2) is 6.08. The van der Waals surface area contributed by atoms with Crippen molar-refractivity contribution in [3.05, 3.63) is 52.9 Å². The fourth-order valence-corrected chi connectivity index (χ4v) is 2.70. The van der Waals surface area contributed by atoms with Crippen LogP contribution >= 0.6 is 11.6 Å². The second-order valence-corrected chi connectivity index (χ2v) is 6.25. The van der Waals surface area contributed by atoms with Gasteiger partial charge >= 0.3 is 0 Å². The van der Waals surface area contributed by atoms with Crippen LogP contribution in [-0.2, 0) is 4.79 Å². The Morgan fingerprint density at radius 3 is 2.74 bits per heavy atom. The number of hydrogen-bond acceptors (Lipinski definition) is 3. The summed E-state index contributed by atoms with van der Waals surface area (Å²) in [5.41, 5.74) is 0.933. The fourth-order valence-electron chi connectivity index (χ4n) is 2.54. The zero-order valence-corrected chi connectivity index (χ0v) is 13.6. The molecule has 1 aliphatic carbocycles. The predicted molar refractivity (Wildman–Crippen MR) is 87.7 cm³/mol. The summed E-state index contributed by atoms with van der Waals surface area (Å²) in [4.78, 5) is 25.8. The Bertz CT molecular complexity index is 740. The first-order valence-corrected chi connectivity index (χ1v) is 7.70. The van der Waals surface area contributed by atoms with Crippen molar-refractivity contribution in [1.29, 1.82) is 0 Å². The number of rotatable bonds is 4. The summed E-state index contributed by atoms with van der Waals surface area (Å²) in [5.74, 6) is 0.577. The Hall–Kier alpha value is -2.27. The first-order valence-electron chi connectivity index (χ1n) is 7.33. The standard InChI is InChI=1S/C17H17ClN2O3/c1-20(2)17(22)10-5-6-13(18)14(8-10)19-16(21)12-9-11(12)15-4-3-7-23-15/h3-8,11-12H,9H2,1-2H3,(H,19,21)/t11-,12+/m0/s1. The third-order valence-electron chi connectivity index (χ3n) is 3.91. The molecule has 23 heavy (non-hydrogen) atoms. The van der Waals surface area contributed by atoms with Gasteiger partial charge in [-0.3, -0.25) is 9.59 Å². The highest BCUT2D eigenvalue weighted by Crippen LogP contribution is 2.48. The molecule has 0 unspecified atom stereocenters. The molecule has 2 amide bonds. The van der Waals surface area contributed by atoms with Crippen LogP contribution in [0.3, 0.4) is 0 Å². The van der Waals surface area contributed by atoms with Crippen molar-refractivity contribution in [2.45, 2.75) is 12.3 Å². The Morgan fingerprint density at radius 1 is 1.30 bits per heavy atom. The minimum atomic E-state index is -0.142. The SMILES string of the molecule is CN(C)C(=O)c1ccc(Cl)c(NC(=O)[C@@H]2C[C@@H]2c2ccco2)c1. The summed E-state index contributed by atoms with van der Waals surface area (Å²) >= 11 is 6.13. The average molecular weight is 333 g/mol. The molecule has 6 heteroatoms. The van der Waals surface area contributed by atoms with Crippen molar-refractivity contribution in [3.63, 3.8) is 0 Å². The van der Waals surface area contributed by atoms with Gasteiger partial charge in [0.1, 0.15) is 5.76 Å². The van der Waals surface area contributed by atoms with E-state index in [0.717, 1.165) is 12.2 Å². The van der Waals surface area contributed by atoms with Gasteiger partial charge in [0.15, 0.2) is 0 Å². The number of furan rings is 1. The lowest BCUT2D eigenvalue weighted by Gasteiger charge is -2.13. The number of hydrogen-bond donors (Lipinski definition) is 1. The molecule has 1 fully saturated rings. The second-order valence-electron chi connectivity index (χ2n) is 5.85. The number of nitrogens with zero attached hydrogens (tertiary/aromatic N) is 1. The van der Waals surface area contributed by atoms with Gasteiger partial charge in [-0.25, -0.2) is 0 Å². The maximum Gasteiger partial charge on any atom is 0.253 e. The molecule has 2 atom stereocenters. The van der Waals surface area contributed by atoms with Gasteiger partial charge in [0.25, 0.3) is 5.91 Å². The Labute approximate surface area is 139 Å². The number of benzene rings is 1. The molecule has 0 saturated heterocycles. The molecule has 3 rings (SSSR count). The molecule has 120 valence electrons. The maximum atomic E-state index is 12.3. The zero-order chi connectivity index (χ0) is 16.6. The lowest BCUT2D eigenvalue weighted by atomic mass is 10.1. The molecule has 0 radical (unpaired) electrons. The molecule has 1 aromatic carbocycles. The third-order valence-corrected chi connectivity index (χ3v) is 4.24. The molecule has 0 spiro atoms. The van der Waals surface area contributed by atoms with E-state index in [1.807, 2.05) is 12.1 Å². The van der Waals surface area contributed by atoms with E-state index in [0.29, 0.717) is 16.3 Å². The highest BCUT2D eigenvalue weighted by Gasteiger charge is 2.45. The molecule has 1 aliphatic rings. The number of anilines is 1. The molecular formula is C17H17ClN2O3. The van der Waals surface area contributed by atoms with Crippen molar-refractivity contribution < 1.29 is 14.0 Å². The molecule has 1 aromatic heterocycles. The highest BCUT2D eigenvalue weighted by atomic mass is 35.5. The van der Waals surface area contributed by atoms with Gasteiger partial charge in [0.2, 0.25) is 5.91 Å². The smallest absolute Gasteiger partial charge is 0.253 e.